The fraction of sp³-hybridized carbons (Fsp3) is 0.524. The summed E-state index contributed by atoms with van der Waals surface area (Å²) in [6.45, 7) is 8.30. The van der Waals surface area contributed by atoms with E-state index in [1.54, 1.807) is 6.20 Å². The molecule has 0 unspecified atom stereocenters. The standard InChI is InChI=1S/C21H28N6O2/c1-15(2)23-20(28)14-26-8-10-27(11-9-26)21-24-18(13-22-25-21)16-5-3-7-19-17(16)6-4-12-29-19/h3,5,7,13,15H,4,6,8-12,14H2,1-2H3,(H,23,28). The van der Waals surface area contributed by atoms with Gasteiger partial charge < -0.3 is 15.0 Å². The van der Waals surface area contributed by atoms with Crippen molar-refractivity contribution >= 4 is 11.9 Å². The number of rotatable bonds is 5. The van der Waals surface area contributed by atoms with Gasteiger partial charge in [-0.1, -0.05) is 12.1 Å². The van der Waals surface area contributed by atoms with E-state index in [1.807, 2.05) is 26.0 Å². The molecule has 2 aliphatic heterocycles. The van der Waals surface area contributed by atoms with Gasteiger partial charge in [-0.25, -0.2) is 4.98 Å². The van der Waals surface area contributed by atoms with E-state index in [1.165, 1.54) is 5.56 Å². The van der Waals surface area contributed by atoms with E-state index in [0.717, 1.165) is 62.6 Å². The van der Waals surface area contributed by atoms with Crippen LogP contribution in [-0.2, 0) is 11.2 Å². The molecular weight excluding hydrogens is 368 g/mol. The lowest BCUT2D eigenvalue weighted by molar-refractivity contribution is -0.122. The number of amides is 1. The Balaban J connectivity index is 1.44. The molecule has 0 saturated carbocycles. The number of nitrogens with one attached hydrogen (secondary N) is 1. The van der Waals surface area contributed by atoms with Gasteiger partial charge in [-0.15, -0.1) is 5.10 Å². The predicted molar refractivity (Wildman–Crippen MR) is 111 cm³/mol. The Labute approximate surface area is 171 Å². The van der Waals surface area contributed by atoms with Crippen molar-refractivity contribution in [3.63, 3.8) is 0 Å². The highest BCUT2D eigenvalue weighted by atomic mass is 16.5. The minimum Gasteiger partial charge on any atom is -0.493 e. The highest BCUT2D eigenvalue weighted by molar-refractivity contribution is 5.78. The first-order valence-electron chi connectivity index (χ1n) is 10.3. The van der Waals surface area contributed by atoms with Crippen LogP contribution in [0.1, 0.15) is 25.8 Å². The molecular formula is C21H28N6O2. The van der Waals surface area contributed by atoms with Crippen molar-refractivity contribution in [3.05, 3.63) is 30.0 Å². The van der Waals surface area contributed by atoms with Crippen molar-refractivity contribution in [1.29, 1.82) is 0 Å². The summed E-state index contributed by atoms with van der Waals surface area (Å²) in [5.74, 6) is 1.66. The molecule has 2 aromatic rings. The summed E-state index contributed by atoms with van der Waals surface area (Å²) in [7, 11) is 0. The molecule has 1 saturated heterocycles. The van der Waals surface area contributed by atoms with Crippen LogP contribution < -0.4 is 15.0 Å². The molecule has 154 valence electrons. The molecule has 0 aliphatic carbocycles. The van der Waals surface area contributed by atoms with Crippen molar-refractivity contribution in [2.45, 2.75) is 32.7 Å². The molecule has 8 heteroatoms. The maximum absolute atomic E-state index is 12.0. The second-order valence-corrected chi connectivity index (χ2v) is 7.86. The van der Waals surface area contributed by atoms with Crippen molar-refractivity contribution in [2.24, 2.45) is 0 Å². The van der Waals surface area contributed by atoms with Crippen LogP contribution in [0.15, 0.2) is 24.4 Å². The molecule has 1 fully saturated rings. The normalized spacial score (nSPS) is 17.0. The third-order valence-corrected chi connectivity index (χ3v) is 5.26. The molecule has 0 bridgehead atoms. The van der Waals surface area contributed by atoms with E-state index in [9.17, 15) is 4.79 Å². The van der Waals surface area contributed by atoms with Gasteiger partial charge in [0, 0.05) is 43.3 Å². The maximum atomic E-state index is 12.0. The molecule has 29 heavy (non-hydrogen) atoms. The quantitative estimate of drug-likeness (QED) is 0.820. The van der Waals surface area contributed by atoms with E-state index < -0.39 is 0 Å². The lowest BCUT2D eigenvalue weighted by atomic mass is 9.98. The second-order valence-electron chi connectivity index (χ2n) is 7.86. The first-order valence-corrected chi connectivity index (χ1v) is 10.3. The first-order chi connectivity index (χ1) is 14.1. The largest absolute Gasteiger partial charge is 0.493 e. The molecule has 0 spiro atoms. The average Bonchev–Trinajstić information content (AvgIpc) is 2.73. The number of aromatic nitrogens is 3. The molecule has 2 aliphatic rings. The maximum Gasteiger partial charge on any atom is 0.245 e. The monoisotopic (exact) mass is 396 g/mol. The van der Waals surface area contributed by atoms with E-state index in [0.29, 0.717) is 12.5 Å². The van der Waals surface area contributed by atoms with Crippen LogP contribution in [0.5, 0.6) is 5.75 Å². The number of anilines is 1. The Hall–Kier alpha value is -2.74. The molecule has 0 atom stereocenters. The fourth-order valence-corrected chi connectivity index (χ4v) is 3.86. The van der Waals surface area contributed by atoms with Gasteiger partial charge in [0.2, 0.25) is 11.9 Å². The summed E-state index contributed by atoms with van der Waals surface area (Å²) in [4.78, 5) is 21.1. The smallest absolute Gasteiger partial charge is 0.245 e. The summed E-state index contributed by atoms with van der Waals surface area (Å²) in [5.41, 5.74) is 3.10. The molecule has 3 heterocycles. The molecule has 1 N–H and O–H groups in total. The van der Waals surface area contributed by atoms with Gasteiger partial charge in [0.05, 0.1) is 25.0 Å². The Morgan fingerprint density at radius 2 is 2.07 bits per heavy atom. The number of carbonyl (C=O) groups is 1. The van der Waals surface area contributed by atoms with Crippen molar-refractivity contribution in [1.82, 2.24) is 25.4 Å². The third-order valence-electron chi connectivity index (χ3n) is 5.26. The van der Waals surface area contributed by atoms with Gasteiger partial charge in [-0.3, -0.25) is 9.69 Å². The summed E-state index contributed by atoms with van der Waals surface area (Å²) in [6, 6.07) is 6.26. The molecule has 1 amide bonds. The lowest BCUT2D eigenvalue weighted by Crippen LogP contribution is -2.50. The molecule has 8 nitrogen and oxygen atoms in total. The van der Waals surface area contributed by atoms with Crippen LogP contribution in [0.3, 0.4) is 0 Å². The average molecular weight is 396 g/mol. The van der Waals surface area contributed by atoms with Crippen LogP contribution in [-0.4, -0.2) is 71.4 Å². The van der Waals surface area contributed by atoms with E-state index >= 15 is 0 Å². The zero-order valence-corrected chi connectivity index (χ0v) is 17.1. The fourth-order valence-electron chi connectivity index (χ4n) is 3.86. The number of piperazine rings is 1. The zero-order chi connectivity index (χ0) is 20.2. The van der Waals surface area contributed by atoms with Gasteiger partial charge in [0.1, 0.15) is 5.75 Å². The molecule has 1 aromatic heterocycles. The van der Waals surface area contributed by atoms with Crippen LogP contribution in [0.25, 0.3) is 11.3 Å². The Kier molecular flexibility index (Phi) is 5.89. The number of ether oxygens (including phenoxy) is 1. The van der Waals surface area contributed by atoms with Crippen molar-refractivity contribution in [2.75, 3.05) is 44.2 Å². The van der Waals surface area contributed by atoms with Gasteiger partial charge in [0.25, 0.3) is 0 Å². The molecule has 1 aromatic carbocycles. The van der Waals surface area contributed by atoms with Gasteiger partial charge in [-0.2, -0.15) is 5.10 Å². The van der Waals surface area contributed by atoms with Crippen LogP contribution in [0, 0.1) is 0 Å². The molecule has 4 rings (SSSR count). The SMILES string of the molecule is CC(C)NC(=O)CN1CCN(c2nncc(-c3cccc4c3CCCO4)n2)CC1. The van der Waals surface area contributed by atoms with Crippen LogP contribution in [0.2, 0.25) is 0 Å². The summed E-state index contributed by atoms with van der Waals surface area (Å²) >= 11 is 0. The number of nitrogens with zero attached hydrogens (tertiary/aromatic N) is 5. The molecule has 0 radical (unpaired) electrons. The minimum absolute atomic E-state index is 0.0736. The van der Waals surface area contributed by atoms with Crippen molar-refractivity contribution in [3.8, 4) is 17.0 Å². The van der Waals surface area contributed by atoms with E-state index in [4.69, 9.17) is 9.72 Å². The van der Waals surface area contributed by atoms with E-state index in [2.05, 4.69) is 31.4 Å². The number of hydrogen-bond donors (Lipinski definition) is 1. The lowest BCUT2D eigenvalue weighted by Gasteiger charge is -2.34. The summed E-state index contributed by atoms with van der Waals surface area (Å²) < 4.78 is 5.79. The predicted octanol–water partition coefficient (Wildman–Crippen LogP) is 1.51. The zero-order valence-electron chi connectivity index (χ0n) is 17.1. The number of hydrogen-bond acceptors (Lipinski definition) is 7. The van der Waals surface area contributed by atoms with Gasteiger partial charge in [0.15, 0.2) is 0 Å². The number of benzene rings is 1. The van der Waals surface area contributed by atoms with Gasteiger partial charge in [-0.05, 0) is 32.8 Å². The Morgan fingerprint density at radius 1 is 1.24 bits per heavy atom. The minimum atomic E-state index is 0.0736. The van der Waals surface area contributed by atoms with E-state index in [-0.39, 0.29) is 11.9 Å². The van der Waals surface area contributed by atoms with Crippen LogP contribution >= 0.6 is 0 Å². The summed E-state index contributed by atoms with van der Waals surface area (Å²) in [6.07, 6.45) is 3.73. The van der Waals surface area contributed by atoms with Crippen molar-refractivity contribution < 1.29 is 9.53 Å². The second kappa shape index (κ2) is 8.73. The number of carbonyl (C=O) groups excluding carboxylic acids is 1. The first kappa shape index (κ1) is 19.6. The Bertz CT molecular complexity index is 864. The van der Waals surface area contributed by atoms with Crippen LogP contribution in [0.4, 0.5) is 5.95 Å². The van der Waals surface area contributed by atoms with Gasteiger partial charge >= 0.3 is 0 Å². The Morgan fingerprint density at radius 3 is 2.86 bits per heavy atom. The highest BCUT2D eigenvalue weighted by Crippen LogP contribution is 2.33. The summed E-state index contributed by atoms with van der Waals surface area (Å²) in [5, 5.41) is 11.4. The topological polar surface area (TPSA) is 83.5 Å². The highest BCUT2D eigenvalue weighted by Gasteiger charge is 2.22. The third kappa shape index (κ3) is 4.64. The number of fused-ring (bicyclic) bond motifs is 1.